The maximum atomic E-state index is 12.1. The average Bonchev–Trinajstić information content (AvgIpc) is 2.92. The van der Waals surface area contributed by atoms with Gasteiger partial charge < -0.3 is 19.3 Å². The quantitative estimate of drug-likeness (QED) is 0.716. The number of likely N-dealkylation sites (N-methyl/N-ethyl adjacent to an activating group) is 1. The van der Waals surface area contributed by atoms with Crippen LogP contribution in [-0.4, -0.2) is 99.9 Å². The van der Waals surface area contributed by atoms with E-state index in [1.165, 1.54) is 0 Å². The Morgan fingerprint density at radius 2 is 2.00 bits per heavy atom. The fourth-order valence-electron chi connectivity index (χ4n) is 3.94. The van der Waals surface area contributed by atoms with E-state index in [1.54, 1.807) is 7.11 Å². The molecule has 0 aromatic heterocycles. The number of carbonyl (C=O) groups is 1. The van der Waals surface area contributed by atoms with Crippen LogP contribution in [0.25, 0.3) is 0 Å². The second kappa shape index (κ2) is 7.25. The molecule has 0 aromatic rings. The van der Waals surface area contributed by atoms with E-state index in [-0.39, 0.29) is 18.6 Å². The minimum atomic E-state index is 0.117. The van der Waals surface area contributed by atoms with Gasteiger partial charge in [-0.2, -0.15) is 0 Å². The van der Waals surface area contributed by atoms with E-state index < -0.39 is 0 Å². The van der Waals surface area contributed by atoms with E-state index in [9.17, 15) is 4.79 Å². The molecule has 0 aliphatic carbocycles. The first-order valence-corrected chi connectivity index (χ1v) is 8.46. The van der Waals surface area contributed by atoms with Crippen LogP contribution in [0.1, 0.15) is 6.42 Å². The molecular formula is C16H29N3O3. The highest BCUT2D eigenvalue weighted by Gasteiger charge is 2.42. The zero-order valence-corrected chi connectivity index (χ0v) is 13.9. The number of hydrogen-bond acceptors (Lipinski definition) is 5. The number of nitrogens with zero attached hydrogens (tertiary/aromatic N) is 3. The maximum Gasteiger partial charge on any atom is 0.248 e. The first-order chi connectivity index (χ1) is 10.7. The lowest BCUT2D eigenvalue weighted by molar-refractivity contribution is -0.137. The van der Waals surface area contributed by atoms with E-state index >= 15 is 0 Å². The van der Waals surface area contributed by atoms with Crippen LogP contribution in [0.5, 0.6) is 0 Å². The summed E-state index contributed by atoms with van der Waals surface area (Å²) in [6.07, 6.45) is 1.35. The molecule has 3 aliphatic rings. The normalized spacial score (nSPS) is 33.9. The lowest BCUT2D eigenvalue weighted by atomic mass is 9.84. The molecule has 0 aromatic carbocycles. The molecule has 3 fully saturated rings. The molecule has 0 bridgehead atoms. The first kappa shape index (κ1) is 16.2. The number of methoxy groups -OCH3 is 1. The molecule has 3 rings (SSSR count). The van der Waals surface area contributed by atoms with Crippen LogP contribution < -0.4 is 0 Å². The summed E-state index contributed by atoms with van der Waals surface area (Å²) in [5.41, 5.74) is 0. The third-order valence-electron chi connectivity index (χ3n) is 5.46. The lowest BCUT2D eigenvalue weighted by Gasteiger charge is -2.38. The number of piperidine rings is 1. The van der Waals surface area contributed by atoms with Crippen molar-refractivity contribution in [3.8, 4) is 0 Å². The summed E-state index contributed by atoms with van der Waals surface area (Å²) in [5, 5.41) is 0. The van der Waals surface area contributed by atoms with Crippen molar-refractivity contribution < 1.29 is 14.3 Å². The van der Waals surface area contributed by atoms with E-state index in [0.29, 0.717) is 11.8 Å². The highest BCUT2D eigenvalue weighted by atomic mass is 16.5. The highest BCUT2D eigenvalue weighted by molar-refractivity contribution is 5.77. The van der Waals surface area contributed by atoms with Crippen LogP contribution in [0.4, 0.5) is 0 Å². The Balaban J connectivity index is 1.54. The van der Waals surface area contributed by atoms with E-state index in [2.05, 4.69) is 16.8 Å². The van der Waals surface area contributed by atoms with Crippen LogP contribution in [0, 0.1) is 11.8 Å². The van der Waals surface area contributed by atoms with Crippen molar-refractivity contribution in [3.63, 3.8) is 0 Å². The van der Waals surface area contributed by atoms with Crippen molar-refractivity contribution >= 4 is 5.91 Å². The molecule has 0 saturated carbocycles. The van der Waals surface area contributed by atoms with E-state index in [1.807, 2.05) is 4.90 Å². The molecule has 0 N–H and O–H groups in total. The molecule has 126 valence electrons. The molecule has 3 heterocycles. The average molecular weight is 311 g/mol. The molecule has 6 heteroatoms. The van der Waals surface area contributed by atoms with Gasteiger partial charge in [0.1, 0.15) is 6.61 Å². The molecule has 3 atom stereocenters. The van der Waals surface area contributed by atoms with E-state index in [0.717, 1.165) is 58.8 Å². The molecular weight excluding hydrogens is 282 g/mol. The van der Waals surface area contributed by atoms with Gasteiger partial charge in [-0.15, -0.1) is 0 Å². The largest absolute Gasteiger partial charge is 0.376 e. The number of likely N-dealkylation sites (tertiary alicyclic amines) is 1. The Labute approximate surface area is 133 Å². The zero-order valence-electron chi connectivity index (χ0n) is 13.9. The summed E-state index contributed by atoms with van der Waals surface area (Å²) in [5.74, 6) is 1.24. The Morgan fingerprint density at radius 3 is 2.73 bits per heavy atom. The summed E-state index contributed by atoms with van der Waals surface area (Å²) in [6.45, 7) is 8.30. The van der Waals surface area contributed by atoms with Gasteiger partial charge >= 0.3 is 0 Å². The van der Waals surface area contributed by atoms with Crippen molar-refractivity contribution in [2.75, 3.05) is 73.2 Å². The van der Waals surface area contributed by atoms with Gasteiger partial charge in [0.2, 0.25) is 5.91 Å². The van der Waals surface area contributed by atoms with Gasteiger partial charge in [0.05, 0.1) is 12.7 Å². The second-order valence-electron chi connectivity index (χ2n) is 6.96. The predicted octanol–water partition coefficient (Wildman–Crippen LogP) is -0.256. The number of fused-ring (bicyclic) bond motifs is 1. The summed E-state index contributed by atoms with van der Waals surface area (Å²) in [7, 11) is 3.76. The number of piperazine rings is 1. The van der Waals surface area contributed by atoms with Crippen LogP contribution in [0.15, 0.2) is 0 Å². The van der Waals surface area contributed by atoms with E-state index in [4.69, 9.17) is 9.47 Å². The van der Waals surface area contributed by atoms with Crippen molar-refractivity contribution in [1.29, 1.82) is 0 Å². The molecule has 3 aliphatic heterocycles. The molecule has 0 spiro atoms. The Morgan fingerprint density at radius 1 is 1.23 bits per heavy atom. The predicted molar refractivity (Wildman–Crippen MR) is 83.7 cm³/mol. The van der Waals surface area contributed by atoms with Gasteiger partial charge in [0.15, 0.2) is 0 Å². The van der Waals surface area contributed by atoms with Crippen LogP contribution >= 0.6 is 0 Å². The van der Waals surface area contributed by atoms with Crippen molar-refractivity contribution in [2.24, 2.45) is 11.8 Å². The van der Waals surface area contributed by atoms with Crippen molar-refractivity contribution in [1.82, 2.24) is 14.7 Å². The Bertz CT molecular complexity index is 385. The standard InChI is InChI=1S/C16H29N3O3/c1-17-5-7-18(8-6-17)10-15-14-9-19(16(20)12-21-2)4-3-13(14)11-22-15/h13-15H,3-12H2,1-2H3/t13-,14-,15+/m1/s1. The van der Waals surface area contributed by atoms with Crippen LogP contribution in [0.3, 0.4) is 0 Å². The van der Waals surface area contributed by atoms with Crippen LogP contribution in [-0.2, 0) is 14.3 Å². The fourth-order valence-corrected chi connectivity index (χ4v) is 3.94. The molecule has 0 unspecified atom stereocenters. The Hall–Kier alpha value is -0.690. The smallest absolute Gasteiger partial charge is 0.248 e. The number of ether oxygens (including phenoxy) is 2. The van der Waals surface area contributed by atoms with Gasteiger partial charge in [0, 0.05) is 58.8 Å². The summed E-state index contributed by atoms with van der Waals surface area (Å²) in [4.78, 5) is 18.9. The van der Waals surface area contributed by atoms with Gasteiger partial charge in [-0.25, -0.2) is 0 Å². The maximum absolute atomic E-state index is 12.1. The fraction of sp³-hybridized carbons (Fsp3) is 0.938. The summed E-state index contributed by atoms with van der Waals surface area (Å²) >= 11 is 0. The number of carbonyl (C=O) groups excluding carboxylic acids is 1. The van der Waals surface area contributed by atoms with Gasteiger partial charge in [-0.1, -0.05) is 0 Å². The molecule has 0 radical (unpaired) electrons. The minimum Gasteiger partial charge on any atom is -0.376 e. The monoisotopic (exact) mass is 311 g/mol. The molecule has 3 saturated heterocycles. The molecule has 1 amide bonds. The SMILES string of the molecule is COCC(=O)N1CC[C@@H]2CO[C@@H](CN3CCN(C)CC3)[C@@H]2C1. The van der Waals surface area contributed by atoms with Gasteiger partial charge in [0.25, 0.3) is 0 Å². The van der Waals surface area contributed by atoms with Gasteiger partial charge in [-0.3, -0.25) is 9.69 Å². The molecule has 22 heavy (non-hydrogen) atoms. The number of amides is 1. The lowest BCUT2D eigenvalue weighted by Crippen LogP contribution is -2.51. The number of rotatable bonds is 4. The topological polar surface area (TPSA) is 45.2 Å². The summed E-state index contributed by atoms with van der Waals surface area (Å²) < 4.78 is 11.1. The minimum absolute atomic E-state index is 0.117. The van der Waals surface area contributed by atoms with Crippen molar-refractivity contribution in [2.45, 2.75) is 12.5 Å². The third-order valence-corrected chi connectivity index (χ3v) is 5.46. The van der Waals surface area contributed by atoms with Crippen LogP contribution in [0.2, 0.25) is 0 Å². The van der Waals surface area contributed by atoms with Gasteiger partial charge in [-0.05, 0) is 19.4 Å². The van der Waals surface area contributed by atoms with Crippen molar-refractivity contribution in [3.05, 3.63) is 0 Å². The zero-order chi connectivity index (χ0) is 15.5. The second-order valence-corrected chi connectivity index (χ2v) is 6.96. The summed E-state index contributed by atoms with van der Waals surface area (Å²) in [6, 6.07) is 0. The first-order valence-electron chi connectivity index (χ1n) is 8.46. The highest BCUT2D eigenvalue weighted by Crippen LogP contribution is 2.34. The third kappa shape index (κ3) is 3.62. The molecule has 6 nitrogen and oxygen atoms in total. The Kier molecular flexibility index (Phi) is 5.33. The number of hydrogen-bond donors (Lipinski definition) is 0.